The van der Waals surface area contributed by atoms with Crippen LogP contribution in [0.5, 0.6) is 11.5 Å². The van der Waals surface area contributed by atoms with Crippen molar-refractivity contribution in [1.29, 1.82) is 0 Å². The summed E-state index contributed by atoms with van der Waals surface area (Å²) in [6.45, 7) is 4.20. The summed E-state index contributed by atoms with van der Waals surface area (Å²) in [5.74, 6) is 2.56. The normalized spacial score (nSPS) is 24.4. The Hall–Kier alpha value is -3.22. The number of pyridine rings is 1. The molecule has 2 aliphatic carbocycles. The van der Waals surface area contributed by atoms with Gasteiger partial charge < -0.3 is 14.8 Å². The Morgan fingerprint density at radius 1 is 1.30 bits per heavy atom. The van der Waals surface area contributed by atoms with Crippen molar-refractivity contribution in [2.24, 2.45) is 17.3 Å². The standard InChI is InChI=1S/C23H26N4O3/c1-15-20(13-25-16(2)26-15)30-14-23(17-7-5-4-6-8-17)12-19(23)22(28)27-21-11-18(29-3)9-10-24-21/h4-7,9-11,13,17,19H,8,12,14H2,1-3H3,(H,24,27,28)/t17?,19-,23+/m0/s1. The number of rotatable bonds is 7. The Kier molecular flexibility index (Phi) is 5.53. The number of hydrogen-bond donors (Lipinski definition) is 1. The lowest BCUT2D eigenvalue weighted by Gasteiger charge is -2.26. The highest BCUT2D eigenvalue weighted by atomic mass is 16.5. The van der Waals surface area contributed by atoms with E-state index in [1.54, 1.807) is 31.6 Å². The molecule has 1 saturated carbocycles. The van der Waals surface area contributed by atoms with Crippen molar-refractivity contribution in [1.82, 2.24) is 15.0 Å². The Labute approximate surface area is 176 Å². The van der Waals surface area contributed by atoms with Gasteiger partial charge in [-0.3, -0.25) is 4.79 Å². The number of amides is 1. The van der Waals surface area contributed by atoms with Gasteiger partial charge in [-0.1, -0.05) is 24.3 Å². The first-order chi connectivity index (χ1) is 14.5. The predicted octanol–water partition coefficient (Wildman–Crippen LogP) is 3.65. The summed E-state index contributed by atoms with van der Waals surface area (Å²) in [7, 11) is 1.59. The van der Waals surface area contributed by atoms with Crippen LogP contribution in [0.3, 0.4) is 0 Å². The number of anilines is 1. The number of carbonyl (C=O) groups is 1. The van der Waals surface area contributed by atoms with E-state index in [4.69, 9.17) is 9.47 Å². The molecule has 0 aromatic carbocycles. The van der Waals surface area contributed by atoms with Gasteiger partial charge in [0, 0.05) is 23.6 Å². The number of nitrogens with one attached hydrogen (secondary N) is 1. The topological polar surface area (TPSA) is 86.2 Å². The Morgan fingerprint density at radius 2 is 2.17 bits per heavy atom. The maximum atomic E-state index is 13.0. The van der Waals surface area contributed by atoms with Crippen LogP contribution in [-0.4, -0.2) is 34.6 Å². The quantitative estimate of drug-likeness (QED) is 0.755. The molecular formula is C23H26N4O3. The van der Waals surface area contributed by atoms with Crippen LogP contribution in [0.25, 0.3) is 0 Å². The lowest BCUT2D eigenvalue weighted by Crippen LogP contribution is -2.29. The van der Waals surface area contributed by atoms with Crippen molar-refractivity contribution in [2.45, 2.75) is 26.7 Å². The van der Waals surface area contributed by atoms with Gasteiger partial charge in [0.1, 0.15) is 17.4 Å². The van der Waals surface area contributed by atoms with Gasteiger partial charge in [-0.2, -0.15) is 0 Å². The molecule has 156 valence electrons. The summed E-state index contributed by atoms with van der Waals surface area (Å²) in [4.78, 5) is 25.9. The van der Waals surface area contributed by atoms with E-state index in [1.165, 1.54) is 0 Å². The molecule has 0 radical (unpaired) electrons. The first-order valence-corrected chi connectivity index (χ1v) is 10.1. The van der Waals surface area contributed by atoms with E-state index in [1.807, 2.05) is 26.0 Å². The monoisotopic (exact) mass is 406 g/mol. The number of carbonyl (C=O) groups excluding carboxylic acids is 1. The van der Waals surface area contributed by atoms with E-state index >= 15 is 0 Å². The highest BCUT2D eigenvalue weighted by molar-refractivity contribution is 5.94. The van der Waals surface area contributed by atoms with E-state index in [0.29, 0.717) is 29.7 Å². The first kappa shape index (κ1) is 20.1. The van der Waals surface area contributed by atoms with E-state index in [2.05, 4.69) is 32.4 Å². The van der Waals surface area contributed by atoms with Crippen LogP contribution >= 0.6 is 0 Å². The summed E-state index contributed by atoms with van der Waals surface area (Å²) in [6, 6.07) is 3.46. The molecule has 2 aromatic rings. The largest absolute Gasteiger partial charge is 0.497 e. The molecule has 0 aliphatic heterocycles. The average molecular weight is 406 g/mol. The molecule has 1 amide bonds. The summed E-state index contributed by atoms with van der Waals surface area (Å²) in [6.07, 6.45) is 13.4. The van der Waals surface area contributed by atoms with Crippen molar-refractivity contribution < 1.29 is 14.3 Å². The minimum atomic E-state index is -0.262. The first-order valence-electron chi connectivity index (χ1n) is 10.1. The molecule has 2 aliphatic rings. The fraction of sp³-hybridized carbons (Fsp3) is 0.391. The Morgan fingerprint density at radius 3 is 2.90 bits per heavy atom. The molecule has 1 unspecified atom stereocenters. The Bertz CT molecular complexity index is 1000. The smallest absolute Gasteiger partial charge is 0.229 e. The molecule has 2 aromatic heterocycles. The number of aryl methyl sites for hydroxylation is 2. The molecule has 1 N–H and O–H groups in total. The van der Waals surface area contributed by atoms with Crippen LogP contribution in [-0.2, 0) is 4.79 Å². The zero-order chi connectivity index (χ0) is 21.1. The molecule has 3 atom stereocenters. The second-order valence-corrected chi connectivity index (χ2v) is 7.87. The van der Waals surface area contributed by atoms with Crippen LogP contribution in [0, 0.1) is 31.1 Å². The summed E-state index contributed by atoms with van der Waals surface area (Å²) in [5.41, 5.74) is 0.542. The molecule has 4 rings (SSSR count). The summed E-state index contributed by atoms with van der Waals surface area (Å²) < 4.78 is 11.4. The highest BCUT2D eigenvalue weighted by Gasteiger charge is 2.62. The van der Waals surface area contributed by atoms with E-state index < -0.39 is 0 Å². The summed E-state index contributed by atoms with van der Waals surface area (Å²) >= 11 is 0. The van der Waals surface area contributed by atoms with Gasteiger partial charge in [-0.05, 0) is 38.7 Å². The van der Waals surface area contributed by atoms with Gasteiger partial charge in [0.2, 0.25) is 5.91 Å². The SMILES string of the molecule is COc1ccnc(NC(=O)[C@@H]2C[C@@]2(COc2cnc(C)nc2C)C2C=CC=CC2)c1. The van der Waals surface area contributed by atoms with Gasteiger partial charge in [-0.25, -0.2) is 15.0 Å². The van der Waals surface area contributed by atoms with E-state index in [0.717, 1.165) is 18.5 Å². The van der Waals surface area contributed by atoms with Crippen molar-refractivity contribution in [3.8, 4) is 11.5 Å². The van der Waals surface area contributed by atoms with Gasteiger partial charge in [0.05, 0.1) is 25.6 Å². The number of aromatic nitrogens is 3. The van der Waals surface area contributed by atoms with E-state index in [9.17, 15) is 4.79 Å². The van der Waals surface area contributed by atoms with Crippen molar-refractivity contribution in [3.05, 3.63) is 60.3 Å². The average Bonchev–Trinajstić information content (AvgIpc) is 3.50. The number of methoxy groups -OCH3 is 1. The molecule has 0 spiro atoms. The fourth-order valence-corrected chi connectivity index (χ4v) is 4.10. The van der Waals surface area contributed by atoms with Crippen LogP contribution in [0.1, 0.15) is 24.4 Å². The molecule has 0 bridgehead atoms. The van der Waals surface area contributed by atoms with Crippen LogP contribution in [0.4, 0.5) is 5.82 Å². The summed E-state index contributed by atoms with van der Waals surface area (Å²) in [5, 5.41) is 2.94. The number of ether oxygens (including phenoxy) is 2. The van der Waals surface area contributed by atoms with Crippen molar-refractivity contribution in [3.63, 3.8) is 0 Å². The third-order valence-electron chi connectivity index (χ3n) is 5.92. The second-order valence-electron chi connectivity index (χ2n) is 7.87. The zero-order valence-electron chi connectivity index (χ0n) is 17.5. The third-order valence-corrected chi connectivity index (χ3v) is 5.92. The van der Waals surface area contributed by atoms with Crippen molar-refractivity contribution >= 4 is 11.7 Å². The highest BCUT2D eigenvalue weighted by Crippen LogP contribution is 2.60. The molecule has 2 heterocycles. The van der Waals surface area contributed by atoms with Crippen LogP contribution in [0.15, 0.2) is 48.8 Å². The number of hydrogen-bond acceptors (Lipinski definition) is 6. The molecule has 0 saturated heterocycles. The van der Waals surface area contributed by atoms with E-state index in [-0.39, 0.29) is 23.2 Å². The Balaban J connectivity index is 1.50. The van der Waals surface area contributed by atoms with Gasteiger partial charge in [0.25, 0.3) is 0 Å². The minimum absolute atomic E-state index is 0.0424. The molecule has 30 heavy (non-hydrogen) atoms. The number of nitrogens with zero attached hydrogens (tertiary/aromatic N) is 3. The minimum Gasteiger partial charge on any atom is -0.497 e. The fourth-order valence-electron chi connectivity index (χ4n) is 4.10. The van der Waals surface area contributed by atoms with Crippen molar-refractivity contribution in [2.75, 3.05) is 19.0 Å². The second kappa shape index (κ2) is 8.26. The van der Waals surface area contributed by atoms with Gasteiger partial charge >= 0.3 is 0 Å². The molecule has 7 nitrogen and oxygen atoms in total. The molecule has 7 heteroatoms. The predicted molar refractivity (Wildman–Crippen MR) is 113 cm³/mol. The van der Waals surface area contributed by atoms with Crippen LogP contribution in [0.2, 0.25) is 0 Å². The molecule has 1 fully saturated rings. The molecular weight excluding hydrogens is 380 g/mol. The van der Waals surface area contributed by atoms with Crippen LogP contribution < -0.4 is 14.8 Å². The maximum Gasteiger partial charge on any atom is 0.229 e. The lowest BCUT2D eigenvalue weighted by molar-refractivity contribution is -0.118. The lowest BCUT2D eigenvalue weighted by atomic mass is 9.82. The third kappa shape index (κ3) is 4.06. The zero-order valence-corrected chi connectivity index (χ0v) is 17.5. The maximum absolute atomic E-state index is 13.0. The van der Waals surface area contributed by atoms with Gasteiger partial charge in [0.15, 0.2) is 5.75 Å². The van der Waals surface area contributed by atoms with Gasteiger partial charge in [-0.15, -0.1) is 0 Å². The number of allylic oxidation sites excluding steroid dienone is 4.